The second-order valence-electron chi connectivity index (χ2n) is 8.35. The SMILES string of the molecule is CC(=O)c1ccc(S(=O)(=O)N(C)CCCC(=O)Nc2ccccc2C(C)(C)C)cc1. The third kappa shape index (κ3) is 6.00. The van der Waals surface area contributed by atoms with E-state index in [4.69, 9.17) is 0 Å². The van der Waals surface area contributed by atoms with Gasteiger partial charge < -0.3 is 5.32 Å². The number of nitrogens with one attached hydrogen (secondary N) is 1. The first-order valence-electron chi connectivity index (χ1n) is 9.89. The van der Waals surface area contributed by atoms with Crippen LogP contribution in [0.1, 0.15) is 56.5 Å². The van der Waals surface area contributed by atoms with Gasteiger partial charge in [-0.3, -0.25) is 9.59 Å². The molecule has 0 atom stereocenters. The number of sulfonamides is 1. The van der Waals surface area contributed by atoms with Gasteiger partial charge in [-0.05, 0) is 42.5 Å². The van der Waals surface area contributed by atoms with Crippen LogP contribution in [0.4, 0.5) is 5.69 Å². The number of amides is 1. The van der Waals surface area contributed by atoms with Gasteiger partial charge in [0.2, 0.25) is 15.9 Å². The molecule has 162 valence electrons. The second-order valence-corrected chi connectivity index (χ2v) is 10.4. The molecule has 0 saturated carbocycles. The van der Waals surface area contributed by atoms with Crippen molar-refractivity contribution in [3.8, 4) is 0 Å². The van der Waals surface area contributed by atoms with Crippen molar-refractivity contribution >= 4 is 27.4 Å². The van der Waals surface area contributed by atoms with E-state index in [1.807, 2.05) is 24.3 Å². The molecule has 1 amide bonds. The van der Waals surface area contributed by atoms with Gasteiger partial charge in [-0.15, -0.1) is 0 Å². The van der Waals surface area contributed by atoms with Crippen LogP contribution in [0.5, 0.6) is 0 Å². The number of ketones is 1. The molecule has 0 spiro atoms. The molecule has 0 unspecified atom stereocenters. The first-order valence-corrected chi connectivity index (χ1v) is 11.3. The minimum atomic E-state index is -3.67. The van der Waals surface area contributed by atoms with Crippen molar-refractivity contribution in [3.05, 3.63) is 59.7 Å². The molecule has 0 aliphatic rings. The van der Waals surface area contributed by atoms with Crippen LogP contribution in [-0.4, -0.2) is 38.0 Å². The average Bonchev–Trinajstić information content (AvgIpc) is 2.67. The third-order valence-corrected chi connectivity index (χ3v) is 6.73. The van der Waals surface area contributed by atoms with E-state index in [9.17, 15) is 18.0 Å². The number of hydrogen-bond donors (Lipinski definition) is 1. The number of para-hydroxylation sites is 1. The molecule has 0 saturated heterocycles. The maximum absolute atomic E-state index is 12.7. The van der Waals surface area contributed by atoms with Gasteiger partial charge >= 0.3 is 0 Å². The van der Waals surface area contributed by atoms with E-state index < -0.39 is 10.0 Å². The van der Waals surface area contributed by atoms with E-state index >= 15 is 0 Å². The van der Waals surface area contributed by atoms with E-state index in [2.05, 4.69) is 26.1 Å². The summed E-state index contributed by atoms with van der Waals surface area (Å²) in [7, 11) is -2.19. The molecule has 0 heterocycles. The van der Waals surface area contributed by atoms with Crippen molar-refractivity contribution < 1.29 is 18.0 Å². The van der Waals surface area contributed by atoms with Gasteiger partial charge in [0.05, 0.1) is 4.90 Å². The molecule has 0 aliphatic heterocycles. The Morgan fingerprint density at radius 2 is 1.60 bits per heavy atom. The van der Waals surface area contributed by atoms with Crippen LogP contribution in [-0.2, 0) is 20.2 Å². The first kappa shape index (κ1) is 23.8. The molecule has 0 bridgehead atoms. The van der Waals surface area contributed by atoms with E-state index in [1.54, 1.807) is 0 Å². The minimum Gasteiger partial charge on any atom is -0.326 e. The lowest BCUT2D eigenvalue weighted by Crippen LogP contribution is -2.28. The number of anilines is 1. The van der Waals surface area contributed by atoms with Crippen LogP contribution in [0.15, 0.2) is 53.4 Å². The van der Waals surface area contributed by atoms with Crippen molar-refractivity contribution in [2.75, 3.05) is 18.9 Å². The summed E-state index contributed by atoms with van der Waals surface area (Å²) in [5.74, 6) is -0.269. The number of benzene rings is 2. The molecule has 2 rings (SSSR count). The number of Topliss-reactive ketones (excluding diaryl/α,β-unsaturated/α-hetero) is 1. The maximum Gasteiger partial charge on any atom is 0.242 e. The molecule has 1 N–H and O–H groups in total. The van der Waals surface area contributed by atoms with Crippen molar-refractivity contribution in [2.45, 2.75) is 50.8 Å². The van der Waals surface area contributed by atoms with Gasteiger partial charge in [0, 0.05) is 31.3 Å². The highest BCUT2D eigenvalue weighted by Gasteiger charge is 2.21. The summed E-state index contributed by atoms with van der Waals surface area (Å²) >= 11 is 0. The molecular weight excluding hydrogens is 400 g/mol. The Labute approximate surface area is 179 Å². The molecular formula is C23H30N2O4S. The van der Waals surface area contributed by atoms with Crippen LogP contribution < -0.4 is 5.32 Å². The molecule has 2 aromatic carbocycles. The molecule has 0 radical (unpaired) electrons. The Bertz CT molecular complexity index is 1010. The van der Waals surface area contributed by atoms with Gasteiger partial charge in [-0.1, -0.05) is 51.1 Å². The van der Waals surface area contributed by atoms with Crippen molar-refractivity contribution in [1.82, 2.24) is 4.31 Å². The summed E-state index contributed by atoms with van der Waals surface area (Å²) in [6, 6.07) is 13.6. The van der Waals surface area contributed by atoms with Crippen LogP contribution in [0.3, 0.4) is 0 Å². The topological polar surface area (TPSA) is 83.6 Å². The van der Waals surface area contributed by atoms with Gasteiger partial charge in [-0.2, -0.15) is 0 Å². The van der Waals surface area contributed by atoms with Crippen LogP contribution in [0, 0.1) is 0 Å². The number of hydrogen-bond acceptors (Lipinski definition) is 4. The summed E-state index contributed by atoms with van der Waals surface area (Å²) in [6.45, 7) is 7.90. The quantitative estimate of drug-likeness (QED) is 0.636. The molecule has 6 nitrogen and oxygen atoms in total. The molecule has 0 aliphatic carbocycles. The van der Waals surface area contributed by atoms with Crippen LogP contribution >= 0.6 is 0 Å². The minimum absolute atomic E-state index is 0.101. The van der Waals surface area contributed by atoms with E-state index in [1.165, 1.54) is 42.5 Å². The van der Waals surface area contributed by atoms with Crippen LogP contribution in [0.25, 0.3) is 0 Å². The smallest absolute Gasteiger partial charge is 0.242 e. The van der Waals surface area contributed by atoms with E-state index in [-0.39, 0.29) is 35.0 Å². The third-order valence-electron chi connectivity index (χ3n) is 4.86. The Kier molecular flexibility index (Phi) is 7.55. The number of carbonyl (C=O) groups excluding carboxylic acids is 2. The number of nitrogens with zero attached hydrogens (tertiary/aromatic N) is 1. The Morgan fingerprint density at radius 3 is 2.17 bits per heavy atom. The van der Waals surface area contributed by atoms with Crippen molar-refractivity contribution in [1.29, 1.82) is 0 Å². The van der Waals surface area contributed by atoms with Gasteiger partial charge in [0.1, 0.15) is 0 Å². The van der Waals surface area contributed by atoms with Crippen molar-refractivity contribution in [3.63, 3.8) is 0 Å². The lowest BCUT2D eigenvalue weighted by Gasteiger charge is -2.23. The van der Waals surface area contributed by atoms with E-state index in [0.29, 0.717) is 12.0 Å². The van der Waals surface area contributed by atoms with E-state index in [0.717, 1.165) is 11.3 Å². The summed E-state index contributed by atoms with van der Waals surface area (Å²) in [5.41, 5.74) is 2.19. The lowest BCUT2D eigenvalue weighted by molar-refractivity contribution is -0.116. The zero-order valence-corrected chi connectivity index (χ0v) is 19.0. The Hall–Kier alpha value is -2.51. The zero-order chi connectivity index (χ0) is 22.5. The predicted molar refractivity (Wildman–Crippen MR) is 119 cm³/mol. The highest BCUT2D eigenvalue weighted by Crippen LogP contribution is 2.29. The standard InChI is InChI=1S/C23H30N2O4S/c1-17(26)18-12-14-19(15-13-18)30(28,29)25(5)16-8-11-22(27)24-21-10-7-6-9-20(21)23(2,3)4/h6-7,9-10,12-15H,8,11,16H2,1-5H3,(H,24,27). The Balaban J connectivity index is 1.95. The van der Waals surface area contributed by atoms with Gasteiger partial charge in [0.15, 0.2) is 5.78 Å². The molecule has 7 heteroatoms. The first-order chi connectivity index (χ1) is 13.9. The summed E-state index contributed by atoms with van der Waals surface area (Å²) in [5, 5.41) is 2.94. The van der Waals surface area contributed by atoms with Gasteiger partial charge in [0.25, 0.3) is 0 Å². The highest BCUT2D eigenvalue weighted by atomic mass is 32.2. The number of rotatable bonds is 8. The average molecular weight is 431 g/mol. The molecule has 2 aromatic rings. The normalized spacial score (nSPS) is 12.1. The summed E-state index contributed by atoms with van der Waals surface area (Å²) in [6.07, 6.45) is 0.604. The largest absolute Gasteiger partial charge is 0.326 e. The molecule has 0 aromatic heterocycles. The molecule has 0 fully saturated rings. The second kappa shape index (κ2) is 9.53. The zero-order valence-electron chi connectivity index (χ0n) is 18.2. The summed E-state index contributed by atoms with van der Waals surface area (Å²) < 4.78 is 26.6. The fourth-order valence-electron chi connectivity index (χ4n) is 3.08. The highest BCUT2D eigenvalue weighted by molar-refractivity contribution is 7.89. The fourth-order valence-corrected chi connectivity index (χ4v) is 4.29. The molecule has 30 heavy (non-hydrogen) atoms. The summed E-state index contributed by atoms with van der Waals surface area (Å²) in [4.78, 5) is 23.9. The van der Waals surface area contributed by atoms with Gasteiger partial charge in [-0.25, -0.2) is 12.7 Å². The monoisotopic (exact) mass is 430 g/mol. The predicted octanol–water partition coefficient (Wildman–Crippen LogP) is 4.23. The number of carbonyl (C=O) groups is 2. The van der Waals surface area contributed by atoms with Crippen molar-refractivity contribution in [2.24, 2.45) is 0 Å². The van der Waals surface area contributed by atoms with Crippen LogP contribution in [0.2, 0.25) is 0 Å². The lowest BCUT2D eigenvalue weighted by atomic mass is 9.86. The fraction of sp³-hybridized carbons (Fsp3) is 0.391. The maximum atomic E-state index is 12.7. The Morgan fingerprint density at radius 1 is 1.00 bits per heavy atom.